The molecule has 2 aromatic rings. The first kappa shape index (κ1) is 17.9. The van der Waals surface area contributed by atoms with Crippen LogP contribution >= 0.6 is 11.6 Å². The minimum atomic E-state index is 0.122. The van der Waals surface area contributed by atoms with Gasteiger partial charge in [0, 0.05) is 44.3 Å². The number of rotatable bonds is 5. The van der Waals surface area contributed by atoms with E-state index >= 15 is 0 Å². The Morgan fingerprint density at radius 2 is 1.92 bits per heavy atom. The maximum absolute atomic E-state index is 12.7. The lowest BCUT2D eigenvalue weighted by Gasteiger charge is -2.37. The Morgan fingerprint density at radius 3 is 2.68 bits per heavy atom. The predicted octanol–water partition coefficient (Wildman–Crippen LogP) is 2.94. The van der Waals surface area contributed by atoms with Crippen LogP contribution in [0.15, 0.2) is 54.6 Å². The Bertz CT molecular complexity index is 707. The van der Waals surface area contributed by atoms with E-state index in [2.05, 4.69) is 10.2 Å². The van der Waals surface area contributed by atoms with Gasteiger partial charge in [0.25, 0.3) is 0 Å². The summed E-state index contributed by atoms with van der Waals surface area (Å²) in [6.07, 6.45) is 0. The van der Waals surface area contributed by atoms with Crippen LogP contribution in [-0.2, 0) is 11.3 Å². The third kappa shape index (κ3) is 4.60. The third-order valence-corrected chi connectivity index (χ3v) is 4.99. The van der Waals surface area contributed by atoms with E-state index in [0.717, 1.165) is 35.8 Å². The van der Waals surface area contributed by atoms with Gasteiger partial charge in [-0.25, -0.2) is 0 Å². The summed E-state index contributed by atoms with van der Waals surface area (Å²) in [5, 5.41) is 4.16. The molecule has 25 heavy (non-hydrogen) atoms. The first-order valence-corrected chi connectivity index (χ1v) is 9.00. The molecule has 0 saturated carbocycles. The molecule has 0 radical (unpaired) electrons. The topological polar surface area (TPSA) is 35.6 Å². The normalized spacial score (nSPS) is 18.1. The number of hydrogen-bond acceptors (Lipinski definition) is 3. The number of nitrogens with zero attached hydrogens (tertiary/aromatic N) is 2. The summed E-state index contributed by atoms with van der Waals surface area (Å²) in [6.45, 7) is 3.56. The number of piperazine rings is 1. The van der Waals surface area contributed by atoms with Gasteiger partial charge in [0.15, 0.2) is 0 Å². The van der Waals surface area contributed by atoms with Gasteiger partial charge in [-0.05, 0) is 17.2 Å². The van der Waals surface area contributed by atoms with E-state index in [-0.39, 0.29) is 11.9 Å². The Labute approximate surface area is 154 Å². The van der Waals surface area contributed by atoms with Gasteiger partial charge in [-0.3, -0.25) is 9.69 Å². The average molecular weight is 358 g/mol. The fraction of sp³-hybridized carbons (Fsp3) is 0.350. The second-order valence-corrected chi connectivity index (χ2v) is 6.85. The zero-order valence-electron chi connectivity index (χ0n) is 14.5. The number of nitrogens with one attached hydrogen (secondary N) is 1. The number of likely N-dealkylation sites (N-methyl/N-ethyl adjacent to an activating group) is 1. The lowest BCUT2D eigenvalue weighted by Crippen LogP contribution is -2.49. The van der Waals surface area contributed by atoms with Crippen LogP contribution in [0.2, 0.25) is 5.02 Å². The molecule has 1 amide bonds. The molecular formula is C20H24ClN3O. The number of amides is 1. The molecule has 132 valence electrons. The van der Waals surface area contributed by atoms with E-state index < -0.39 is 0 Å². The Balaban J connectivity index is 1.67. The van der Waals surface area contributed by atoms with Crippen LogP contribution in [0.25, 0.3) is 0 Å². The summed E-state index contributed by atoms with van der Waals surface area (Å²) < 4.78 is 0. The van der Waals surface area contributed by atoms with Crippen molar-refractivity contribution in [3.05, 3.63) is 70.7 Å². The number of hydrogen-bond donors (Lipinski definition) is 1. The molecule has 1 N–H and O–H groups in total. The lowest BCUT2D eigenvalue weighted by molar-refractivity contribution is -0.132. The summed E-state index contributed by atoms with van der Waals surface area (Å²) in [5.74, 6) is 0.128. The lowest BCUT2D eigenvalue weighted by atomic mass is 10.0. The monoisotopic (exact) mass is 357 g/mol. The number of carbonyl (C=O) groups is 1. The molecule has 2 aromatic carbocycles. The highest BCUT2D eigenvalue weighted by Crippen LogP contribution is 2.28. The van der Waals surface area contributed by atoms with Crippen LogP contribution in [0.3, 0.4) is 0 Å². The largest absolute Gasteiger partial charge is 0.340 e. The molecule has 1 aliphatic heterocycles. The van der Waals surface area contributed by atoms with Gasteiger partial charge in [-0.2, -0.15) is 0 Å². The van der Waals surface area contributed by atoms with Gasteiger partial charge in [-0.15, -0.1) is 0 Å². The second kappa shape index (κ2) is 8.48. The summed E-state index contributed by atoms with van der Waals surface area (Å²) in [5.41, 5.74) is 2.22. The number of benzene rings is 2. The molecule has 1 atom stereocenters. The van der Waals surface area contributed by atoms with Crippen LogP contribution in [0.5, 0.6) is 0 Å². The zero-order chi connectivity index (χ0) is 17.6. The summed E-state index contributed by atoms with van der Waals surface area (Å²) in [4.78, 5) is 16.7. The van der Waals surface area contributed by atoms with Crippen molar-refractivity contribution in [3.8, 4) is 0 Å². The van der Waals surface area contributed by atoms with Crippen LogP contribution in [-0.4, -0.2) is 48.9 Å². The van der Waals surface area contributed by atoms with Crippen molar-refractivity contribution in [3.63, 3.8) is 0 Å². The molecular weight excluding hydrogens is 334 g/mol. The van der Waals surface area contributed by atoms with Crippen molar-refractivity contribution >= 4 is 17.5 Å². The maximum Gasteiger partial charge on any atom is 0.236 e. The molecule has 4 nitrogen and oxygen atoms in total. The molecule has 5 heteroatoms. The van der Waals surface area contributed by atoms with Crippen LogP contribution in [0.4, 0.5) is 0 Å². The Kier molecular flexibility index (Phi) is 6.08. The van der Waals surface area contributed by atoms with Crippen LogP contribution < -0.4 is 5.32 Å². The first-order chi connectivity index (χ1) is 12.1. The van der Waals surface area contributed by atoms with E-state index in [4.69, 9.17) is 11.6 Å². The SMILES string of the molecule is CN(Cc1ccccc1)C(=O)CN1CCNCC1c1ccccc1Cl. The highest BCUT2D eigenvalue weighted by molar-refractivity contribution is 6.31. The van der Waals surface area contributed by atoms with E-state index in [0.29, 0.717) is 13.1 Å². The van der Waals surface area contributed by atoms with Crippen molar-refractivity contribution in [2.75, 3.05) is 33.2 Å². The standard InChI is InChI=1S/C20H24ClN3O/c1-23(14-16-7-3-2-4-8-16)20(25)15-24-12-11-22-13-19(24)17-9-5-6-10-18(17)21/h2-10,19,22H,11-15H2,1H3. The average Bonchev–Trinajstić information content (AvgIpc) is 2.63. The molecule has 1 saturated heterocycles. The fourth-order valence-electron chi connectivity index (χ4n) is 3.23. The van der Waals surface area contributed by atoms with Gasteiger partial charge in [0.1, 0.15) is 0 Å². The van der Waals surface area contributed by atoms with Crippen LogP contribution in [0, 0.1) is 0 Å². The Morgan fingerprint density at radius 1 is 1.20 bits per heavy atom. The molecule has 0 aliphatic carbocycles. The third-order valence-electron chi connectivity index (χ3n) is 4.65. The Hall–Kier alpha value is -1.88. The van der Waals surface area contributed by atoms with Gasteiger partial charge < -0.3 is 10.2 Å². The molecule has 1 heterocycles. The van der Waals surface area contributed by atoms with Gasteiger partial charge in [0.05, 0.1) is 6.54 Å². The van der Waals surface area contributed by atoms with E-state index in [1.54, 1.807) is 4.90 Å². The van der Waals surface area contributed by atoms with Crippen molar-refractivity contribution < 1.29 is 4.79 Å². The highest BCUT2D eigenvalue weighted by atomic mass is 35.5. The number of halogens is 1. The maximum atomic E-state index is 12.7. The molecule has 1 unspecified atom stereocenters. The minimum Gasteiger partial charge on any atom is -0.340 e. The highest BCUT2D eigenvalue weighted by Gasteiger charge is 2.27. The summed E-state index contributed by atoms with van der Waals surface area (Å²) in [6, 6.07) is 18.1. The minimum absolute atomic E-state index is 0.122. The smallest absolute Gasteiger partial charge is 0.236 e. The van der Waals surface area contributed by atoms with E-state index in [1.807, 2.05) is 61.6 Å². The second-order valence-electron chi connectivity index (χ2n) is 6.45. The van der Waals surface area contributed by atoms with Gasteiger partial charge >= 0.3 is 0 Å². The molecule has 0 bridgehead atoms. The number of carbonyl (C=O) groups excluding carboxylic acids is 1. The van der Waals surface area contributed by atoms with Crippen molar-refractivity contribution in [2.24, 2.45) is 0 Å². The van der Waals surface area contributed by atoms with Gasteiger partial charge in [-0.1, -0.05) is 60.1 Å². The summed E-state index contributed by atoms with van der Waals surface area (Å²) in [7, 11) is 1.86. The van der Waals surface area contributed by atoms with Crippen molar-refractivity contribution in [1.29, 1.82) is 0 Å². The van der Waals surface area contributed by atoms with Gasteiger partial charge in [0.2, 0.25) is 5.91 Å². The predicted molar refractivity (Wildman–Crippen MR) is 102 cm³/mol. The van der Waals surface area contributed by atoms with Crippen molar-refractivity contribution in [2.45, 2.75) is 12.6 Å². The molecule has 3 rings (SSSR count). The summed E-state index contributed by atoms with van der Waals surface area (Å²) >= 11 is 6.38. The molecule has 1 fully saturated rings. The first-order valence-electron chi connectivity index (χ1n) is 8.62. The quantitative estimate of drug-likeness (QED) is 0.893. The molecule has 1 aliphatic rings. The molecule has 0 aromatic heterocycles. The fourth-order valence-corrected chi connectivity index (χ4v) is 3.49. The van der Waals surface area contributed by atoms with E-state index in [9.17, 15) is 4.79 Å². The zero-order valence-corrected chi connectivity index (χ0v) is 15.2. The van der Waals surface area contributed by atoms with E-state index in [1.165, 1.54) is 0 Å². The van der Waals surface area contributed by atoms with Crippen molar-refractivity contribution in [1.82, 2.24) is 15.1 Å². The molecule has 0 spiro atoms. The van der Waals surface area contributed by atoms with Crippen LogP contribution in [0.1, 0.15) is 17.2 Å².